The summed E-state index contributed by atoms with van der Waals surface area (Å²) in [6.45, 7) is 4.38. The first-order valence-electron chi connectivity index (χ1n) is 13.5. The van der Waals surface area contributed by atoms with Crippen LogP contribution in [-0.2, 0) is 20.7 Å². The summed E-state index contributed by atoms with van der Waals surface area (Å²) >= 11 is 0. The molecule has 11 heteroatoms. The summed E-state index contributed by atoms with van der Waals surface area (Å²) in [6, 6.07) is 7.48. The second-order valence-electron chi connectivity index (χ2n) is 11.9. The lowest BCUT2D eigenvalue weighted by molar-refractivity contribution is 0.242. The summed E-state index contributed by atoms with van der Waals surface area (Å²) in [5.41, 5.74) is 1.71. The number of hydrogen-bond acceptors (Lipinski definition) is 7. The summed E-state index contributed by atoms with van der Waals surface area (Å²) in [6.07, 6.45) is 7.16. The molecule has 3 aromatic heterocycles. The average molecular weight is 562 g/mol. The van der Waals surface area contributed by atoms with Gasteiger partial charge in [0.25, 0.3) is 5.95 Å². The zero-order valence-corrected chi connectivity index (χ0v) is 23.2. The fraction of sp³-hybridized carbons (Fsp3) is 0.414. The first kappa shape index (κ1) is 25.4. The Balaban J connectivity index is 1.26. The highest BCUT2D eigenvalue weighted by atomic mass is 32.2. The lowest BCUT2D eigenvalue weighted by atomic mass is 9.66. The first-order chi connectivity index (χ1) is 19.1. The van der Waals surface area contributed by atoms with Gasteiger partial charge in [0.15, 0.2) is 5.82 Å². The van der Waals surface area contributed by atoms with Gasteiger partial charge in [0.05, 0.1) is 33.8 Å². The molecule has 3 aliphatic carbocycles. The van der Waals surface area contributed by atoms with Gasteiger partial charge in [0, 0.05) is 11.9 Å². The number of nitrogens with zero attached hydrogens (tertiary/aromatic N) is 7. The number of aromatic nitrogens is 7. The van der Waals surface area contributed by atoms with Crippen molar-refractivity contribution in [2.24, 2.45) is 11.3 Å². The highest BCUT2D eigenvalue weighted by Crippen LogP contribution is 2.69. The van der Waals surface area contributed by atoms with E-state index in [1.165, 1.54) is 22.9 Å². The summed E-state index contributed by atoms with van der Waals surface area (Å²) in [4.78, 5) is 13.8. The third-order valence-corrected chi connectivity index (χ3v) is 10.9. The molecule has 8 nitrogen and oxygen atoms in total. The lowest BCUT2D eigenvalue weighted by Gasteiger charge is -2.37. The van der Waals surface area contributed by atoms with Crippen LogP contribution in [0.5, 0.6) is 0 Å². The van der Waals surface area contributed by atoms with Gasteiger partial charge in [-0.25, -0.2) is 23.7 Å². The molecule has 0 saturated heterocycles. The van der Waals surface area contributed by atoms with Crippen molar-refractivity contribution in [2.45, 2.75) is 56.6 Å². The molecule has 4 aromatic rings. The molecule has 7 rings (SSSR count). The first-order valence-corrected chi connectivity index (χ1v) is 15.6. The Morgan fingerprint density at radius 3 is 2.62 bits per heavy atom. The molecule has 3 atom stereocenters. The predicted molar refractivity (Wildman–Crippen MR) is 147 cm³/mol. The summed E-state index contributed by atoms with van der Waals surface area (Å²) in [5, 5.41) is 13.4. The number of rotatable bonds is 7. The Morgan fingerprint density at radius 2 is 1.88 bits per heavy atom. The molecular formula is C29H29F2N7OS. The Bertz CT molecular complexity index is 1750. The van der Waals surface area contributed by atoms with E-state index in [0.717, 1.165) is 42.6 Å². The van der Waals surface area contributed by atoms with Gasteiger partial charge in [-0.05, 0) is 88.2 Å². The van der Waals surface area contributed by atoms with Crippen LogP contribution in [0.25, 0.3) is 17.2 Å². The highest BCUT2D eigenvalue weighted by molar-refractivity contribution is 7.99. The molecule has 0 aliphatic heterocycles. The van der Waals surface area contributed by atoms with Gasteiger partial charge >= 0.3 is 0 Å². The molecule has 1 aromatic carbocycles. The molecule has 0 amide bonds. The molecule has 3 aliphatic rings. The van der Waals surface area contributed by atoms with E-state index in [-0.39, 0.29) is 28.3 Å². The molecule has 1 unspecified atom stereocenters. The summed E-state index contributed by atoms with van der Waals surface area (Å²) < 4.78 is 43.6. The minimum atomic E-state index is -2.29. The third kappa shape index (κ3) is 3.81. The number of halogens is 2. The summed E-state index contributed by atoms with van der Waals surface area (Å²) in [7, 11) is -2.29. The van der Waals surface area contributed by atoms with Crippen LogP contribution in [0, 0.1) is 23.0 Å². The maximum atomic E-state index is 14.6. The monoisotopic (exact) mass is 561 g/mol. The van der Waals surface area contributed by atoms with Crippen LogP contribution < -0.4 is 0 Å². The zero-order valence-electron chi connectivity index (χ0n) is 22.3. The largest absolute Gasteiger partial charge is 0.268 e. The SMILES string of the molecule is C=S(=O)(Cc1ncn(-c2nccc([C@@]34CC[C@@H](c5cc(-c6c(F)cccc6F)nnc53)C4(C)C)n2)n1)CC1CC1. The quantitative estimate of drug-likeness (QED) is 0.304. The molecule has 206 valence electrons. The van der Waals surface area contributed by atoms with Crippen molar-refractivity contribution in [3.8, 4) is 17.2 Å². The van der Waals surface area contributed by atoms with Crippen LogP contribution in [0.1, 0.15) is 68.2 Å². The van der Waals surface area contributed by atoms with Crippen molar-refractivity contribution < 1.29 is 13.0 Å². The fourth-order valence-electron chi connectivity index (χ4n) is 6.92. The van der Waals surface area contributed by atoms with Crippen molar-refractivity contribution in [3.05, 3.63) is 77.3 Å². The number of hydrogen-bond donors (Lipinski definition) is 0. The normalized spacial score (nSPS) is 24.1. The van der Waals surface area contributed by atoms with Crippen LogP contribution in [-0.4, -0.2) is 50.8 Å². The second kappa shape index (κ2) is 8.70. The maximum absolute atomic E-state index is 14.6. The van der Waals surface area contributed by atoms with E-state index in [4.69, 9.17) is 4.98 Å². The van der Waals surface area contributed by atoms with Gasteiger partial charge in [-0.2, -0.15) is 9.78 Å². The number of fused-ring (bicyclic) bond motifs is 5. The average Bonchev–Trinajstić information content (AvgIpc) is 3.45. The van der Waals surface area contributed by atoms with Crippen LogP contribution in [0.3, 0.4) is 0 Å². The van der Waals surface area contributed by atoms with Crippen LogP contribution >= 0.6 is 0 Å². The Morgan fingerprint density at radius 1 is 1.10 bits per heavy atom. The predicted octanol–water partition coefficient (Wildman–Crippen LogP) is 4.62. The number of benzene rings is 1. The van der Waals surface area contributed by atoms with Gasteiger partial charge in [0.1, 0.15) is 18.0 Å². The summed E-state index contributed by atoms with van der Waals surface area (Å²) in [5.74, 6) is 4.89. The Hall–Kier alpha value is -3.60. The minimum absolute atomic E-state index is 0.125. The van der Waals surface area contributed by atoms with E-state index in [1.54, 1.807) is 18.6 Å². The molecular weight excluding hydrogens is 532 g/mol. The van der Waals surface area contributed by atoms with Crippen molar-refractivity contribution >= 4 is 15.4 Å². The van der Waals surface area contributed by atoms with Gasteiger partial charge in [-0.1, -0.05) is 19.9 Å². The topological polar surface area (TPSA) is 99.3 Å². The smallest absolute Gasteiger partial charge is 0.252 e. The van der Waals surface area contributed by atoms with E-state index in [9.17, 15) is 13.0 Å². The van der Waals surface area contributed by atoms with E-state index in [0.29, 0.717) is 23.4 Å². The minimum Gasteiger partial charge on any atom is -0.268 e. The van der Waals surface area contributed by atoms with Crippen molar-refractivity contribution in [1.82, 2.24) is 34.9 Å². The molecule has 3 heterocycles. The van der Waals surface area contributed by atoms with Crippen LogP contribution in [0.2, 0.25) is 0 Å². The van der Waals surface area contributed by atoms with Crippen molar-refractivity contribution in [2.75, 3.05) is 5.75 Å². The molecule has 0 spiro atoms. The Labute approximate surface area is 231 Å². The highest BCUT2D eigenvalue weighted by Gasteiger charge is 2.65. The lowest BCUT2D eigenvalue weighted by Crippen LogP contribution is -2.38. The van der Waals surface area contributed by atoms with E-state index in [1.807, 2.05) is 6.07 Å². The maximum Gasteiger partial charge on any atom is 0.252 e. The van der Waals surface area contributed by atoms with E-state index in [2.05, 4.69) is 45.0 Å². The van der Waals surface area contributed by atoms with Gasteiger partial charge < -0.3 is 0 Å². The third-order valence-electron chi connectivity index (χ3n) is 9.05. The molecule has 2 saturated carbocycles. The van der Waals surface area contributed by atoms with E-state index >= 15 is 0 Å². The van der Waals surface area contributed by atoms with Crippen LogP contribution in [0.4, 0.5) is 8.78 Å². The second-order valence-corrected chi connectivity index (χ2v) is 14.5. The standard InChI is InChI=1S/C29H29F2N7OS/c1-28(2)19-9-11-29(28,26-18(19)13-22(35-36-26)25-20(30)5-4-6-21(25)31)23-10-12-32-27(34-23)38-16-33-24(37-38)15-40(3,39)14-17-7-8-17/h4-6,10,12-13,16-17,19H,3,7-9,11,14-15H2,1-2H3/t19-,29-,40?/m0/s1. The molecule has 0 N–H and O–H groups in total. The van der Waals surface area contributed by atoms with Crippen LogP contribution in [0.15, 0.2) is 42.9 Å². The zero-order chi connectivity index (χ0) is 27.9. The van der Waals surface area contributed by atoms with Gasteiger partial charge in [0.2, 0.25) is 0 Å². The van der Waals surface area contributed by atoms with Crippen molar-refractivity contribution in [1.29, 1.82) is 0 Å². The van der Waals surface area contributed by atoms with E-state index < -0.39 is 26.6 Å². The van der Waals surface area contributed by atoms with Gasteiger partial charge in [-0.15, -0.1) is 10.2 Å². The Kier molecular flexibility index (Phi) is 5.52. The molecule has 2 bridgehead atoms. The van der Waals surface area contributed by atoms with Gasteiger partial charge in [-0.3, -0.25) is 4.21 Å². The molecule has 0 radical (unpaired) electrons. The molecule has 40 heavy (non-hydrogen) atoms. The van der Waals surface area contributed by atoms with Crippen molar-refractivity contribution in [3.63, 3.8) is 0 Å². The molecule has 2 fully saturated rings. The fourth-order valence-corrected chi connectivity index (χ4v) is 8.83.